The summed E-state index contributed by atoms with van der Waals surface area (Å²) in [6.45, 7) is 2.64. The summed E-state index contributed by atoms with van der Waals surface area (Å²) in [5.41, 5.74) is 3.24. The van der Waals surface area contributed by atoms with E-state index >= 15 is 0 Å². The number of carbonyl (C=O) groups is 1. The fraction of sp³-hybridized carbons (Fsp3) is 0.296. The summed E-state index contributed by atoms with van der Waals surface area (Å²) in [5, 5.41) is 2.94. The first-order valence-corrected chi connectivity index (χ1v) is 14.4. The first-order chi connectivity index (χ1) is 16.9. The second kappa shape index (κ2) is 11.2. The van der Waals surface area contributed by atoms with Crippen molar-refractivity contribution in [2.24, 2.45) is 0 Å². The minimum Gasteiger partial charge on any atom is -0.372 e. The summed E-state index contributed by atoms with van der Waals surface area (Å²) < 4.78 is 27.2. The van der Waals surface area contributed by atoms with E-state index < -0.39 is 10.0 Å². The number of rotatable bonds is 8. The highest BCUT2D eigenvalue weighted by Crippen LogP contribution is 2.25. The van der Waals surface area contributed by atoms with Crippen LogP contribution < -0.4 is 14.5 Å². The Morgan fingerprint density at radius 3 is 2.14 bits per heavy atom. The Morgan fingerprint density at radius 1 is 0.914 bits per heavy atom. The average Bonchev–Trinajstić information content (AvgIpc) is 2.92. The molecule has 1 heterocycles. The molecular formula is C27H31N3O3S2. The monoisotopic (exact) mass is 509 g/mol. The quantitative estimate of drug-likeness (QED) is 0.425. The van der Waals surface area contributed by atoms with Crippen LogP contribution in [0, 0.1) is 0 Å². The van der Waals surface area contributed by atoms with E-state index in [1.165, 1.54) is 36.3 Å². The molecule has 0 saturated carbocycles. The van der Waals surface area contributed by atoms with E-state index in [-0.39, 0.29) is 10.8 Å². The Kier molecular flexibility index (Phi) is 8.03. The summed E-state index contributed by atoms with van der Waals surface area (Å²) in [7, 11) is -2.17. The second-order valence-electron chi connectivity index (χ2n) is 8.59. The van der Waals surface area contributed by atoms with Crippen molar-refractivity contribution in [2.45, 2.75) is 35.6 Å². The number of benzene rings is 3. The zero-order valence-electron chi connectivity index (χ0n) is 20.1. The lowest BCUT2D eigenvalue weighted by atomic mass is 10.1. The maximum Gasteiger partial charge on any atom is 0.264 e. The molecule has 184 valence electrons. The molecule has 35 heavy (non-hydrogen) atoms. The normalized spacial score (nSPS) is 13.9. The highest BCUT2D eigenvalue weighted by atomic mass is 32.2. The van der Waals surface area contributed by atoms with E-state index in [1.54, 1.807) is 60.3 Å². The van der Waals surface area contributed by atoms with Crippen molar-refractivity contribution >= 4 is 39.1 Å². The standard InChI is InChI=1S/C27H31N3O3S2/c1-29(35(32,33)26-16-14-25(34-2)15-17-26)23-12-8-22(9-13-23)27(31)28-20-21-6-10-24(11-7-21)30-18-4-3-5-19-30/h6-17H,3-5,18-20H2,1-2H3,(H,28,31). The summed E-state index contributed by atoms with van der Waals surface area (Å²) in [6, 6.07) is 21.7. The highest BCUT2D eigenvalue weighted by Gasteiger charge is 2.21. The van der Waals surface area contributed by atoms with Gasteiger partial charge in [0.2, 0.25) is 0 Å². The summed E-state index contributed by atoms with van der Waals surface area (Å²) in [6.07, 6.45) is 5.73. The van der Waals surface area contributed by atoms with Gasteiger partial charge < -0.3 is 10.2 Å². The van der Waals surface area contributed by atoms with Crippen LogP contribution >= 0.6 is 11.8 Å². The van der Waals surface area contributed by atoms with Crippen molar-refractivity contribution < 1.29 is 13.2 Å². The topological polar surface area (TPSA) is 69.7 Å². The van der Waals surface area contributed by atoms with Gasteiger partial charge in [-0.1, -0.05) is 12.1 Å². The first kappa shape index (κ1) is 25.1. The number of nitrogens with zero attached hydrogens (tertiary/aromatic N) is 2. The lowest BCUT2D eigenvalue weighted by Crippen LogP contribution is -2.29. The van der Waals surface area contributed by atoms with Crippen LogP contribution in [0.25, 0.3) is 0 Å². The Labute approximate surface area is 212 Å². The van der Waals surface area contributed by atoms with E-state index in [0.29, 0.717) is 17.8 Å². The molecule has 0 bridgehead atoms. The van der Waals surface area contributed by atoms with Gasteiger partial charge in [-0.15, -0.1) is 11.8 Å². The minimum atomic E-state index is -3.69. The van der Waals surface area contributed by atoms with E-state index in [4.69, 9.17) is 0 Å². The van der Waals surface area contributed by atoms with Gasteiger partial charge in [-0.25, -0.2) is 8.42 Å². The SMILES string of the molecule is CSc1ccc(S(=O)(=O)N(C)c2ccc(C(=O)NCc3ccc(N4CCCCC4)cc3)cc2)cc1. The Morgan fingerprint density at radius 2 is 1.54 bits per heavy atom. The third kappa shape index (κ3) is 6.00. The van der Waals surface area contributed by atoms with Crippen LogP contribution in [0.1, 0.15) is 35.2 Å². The van der Waals surface area contributed by atoms with Crippen molar-refractivity contribution in [1.29, 1.82) is 0 Å². The van der Waals surface area contributed by atoms with Crippen LogP contribution in [-0.2, 0) is 16.6 Å². The van der Waals surface area contributed by atoms with Gasteiger partial charge in [-0.05, 0) is 91.7 Å². The van der Waals surface area contributed by atoms with Gasteiger partial charge in [0.05, 0.1) is 10.6 Å². The molecule has 1 fully saturated rings. The van der Waals surface area contributed by atoms with Gasteiger partial charge >= 0.3 is 0 Å². The number of hydrogen-bond donors (Lipinski definition) is 1. The molecule has 0 atom stereocenters. The summed E-state index contributed by atoms with van der Waals surface area (Å²) >= 11 is 1.56. The molecule has 3 aromatic carbocycles. The molecule has 4 rings (SSSR count). The van der Waals surface area contributed by atoms with Crippen molar-refractivity contribution in [3.05, 3.63) is 83.9 Å². The number of thioether (sulfide) groups is 1. The zero-order valence-corrected chi connectivity index (χ0v) is 21.7. The van der Waals surface area contributed by atoms with Gasteiger partial charge in [0.15, 0.2) is 0 Å². The Bertz CT molecular complexity index is 1240. The molecule has 1 aliphatic rings. The molecule has 0 radical (unpaired) electrons. The van der Waals surface area contributed by atoms with E-state index in [9.17, 15) is 13.2 Å². The lowest BCUT2D eigenvalue weighted by Gasteiger charge is -2.28. The number of piperidine rings is 1. The van der Waals surface area contributed by atoms with Gasteiger partial charge in [0.25, 0.3) is 15.9 Å². The molecule has 1 amide bonds. The minimum absolute atomic E-state index is 0.199. The lowest BCUT2D eigenvalue weighted by molar-refractivity contribution is 0.0951. The molecule has 0 spiro atoms. The van der Waals surface area contributed by atoms with E-state index in [0.717, 1.165) is 23.5 Å². The van der Waals surface area contributed by atoms with Crippen molar-refractivity contribution in [3.8, 4) is 0 Å². The molecule has 3 aromatic rings. The molecule has 6 nitrogen and oxygen atoms in total. The average molecular weight is 510 g/mol. The van der Waals surface area contributed by atoms with Gasteiger partial charge in [0.1, 0.15) is 0 Å². The van der Waals surface area contributed by atoms with E-state index in [1.807, 2.05) is 6.26 Å². The second-order valence-corrected chi connectivity index (χ2v) is 11.4. The van der Waals surface area contributed by atoms with Crippen LogP contribution in [0.15, 0.2) is 82.6 Å². The third-order valence-corrected chi connectivity index (χ3v) is 8.86. The largest absolute Gasteiger partial charge is 0.372 e. The van der Waals surface area contributed by atoms with Crippen LogP contribution in [0.5, 0.6) is 0 Å². The number of sulfonamides is 1. The summed E-state index contributed by atoms with van der Waals surface area (Å²) in [5.74, 6) is -0.199. The highest BCUT2D eigenvalue weighted by molar-refractivity contribution is 7.98. The maximum atomic E-state index is 13.0. The smallest absolute Gasteiger partial charge is 0.264 e. The maximum absolute atomic E-state index is 13.0. The molecule has 8 heteroatoms. The van der Waals surface area contributed by atoms with Gasteiger partial charge in [-0.3, -0.25) is 9.10 Å². The molecule has 1 aliphatic heterocycles. The number of nitrogens with one attached hydrogen (secondary N) is 1. The summed E-state index contributed by atoms with van der Waals surface area (Å²) in [4.78, 5) is 16.3. The molecule has 0 aromatic heterocycles. The first-order valence-electron chi connectivity index (χ1n) is 11.7. The van der Waals surface area contributed by atoms with E-state index in [2.05, 4.69) is 34.5 Å². The van der Waals surface area contributed by atoms with Crippen molar-refractivity contribution in [3.63, 3.8) is 0 Å². The Balaban J connectivity index is 1.35. The molecule has 0 unspecified atom stereocenters. The predicted octanol–water partition coefficient (Wildman–Crippen LogP) is 5.15. The van der Waals surface area contributed by atoms with Crippen molar-refractivity contribution in [1.82, 2.24) is 5.32 Å². The Hall–Kier alpha value is -2.97. The molecule has 0 aliphatic carbocycles. The molecule has 1 saturated heterocycles. The molecule has 1 N–H and O–H groups in total. The van der Waals surface area contributed by atoms with Crippen molar-refractivity contribution in [2.75, 3.05) is 35.6 Å². The van der Waals surface area contributed by atoms with Gasteiger partial charge in [0, 0.05) is 42.8 Å². The van der Waals surface area contributed by atoms with Crippen LogP contribution in [-0.4, -0.2) is 40.7 Å². The molecular weight excluding hydrogens is 478 g/mol. The fourth-order valence-electron chi connectivity index (χ4n) is 4.13. The number of carbonyl (C=O) groups excluding carboxylic acids is 1. The predicted molar refractivity (Wildman–Crippen MR) is 144 cm³/mol. The number of anilines is 2. The van der Waals surface area contributed by atoms with Crippen LogP contribution in [0.4, 0.5) is 11.4 Å². The number of amides is 1. The third-order valence-electron chi connectivity index (χ3n) is 6.32. The van der Waals surface area contributed by atoms with Crippen LogP contribution in [0.2, 0.25) is 0 Å². The zero-order chi connectivity index (χ0) is 24.8. The van der Waals surface area contributed by atoms with Gasteiger partial charge in [-0.2, -0.15) is 0 Å². The van der Waals surface area contributed by atoms with Crippen LogP contribution in [0.3, 0.4) is 0 Å². The number of hydrogen-bond acceptors (Lipinski definition) is 5. The fourth-order valence-corrected chi connectivity index (χ4v) is 5.73.